The number of aliphatic hydroxyl groups is 1. The van der Waals surface area contributed by atoms with E-state index in [2.05, 4.69) is 10.3 Å². The number of anilines is 1. The third-order valence-electron chi connectivity index (χ3n) is 4.67. The van der Waals surface area contributed by atoms with Crippen LogP contribution in [0.15, 0.2) is 45.2 Å². The molecule has 2 N–H and O–H groups in total. The largest absolute Gasteiger partial charge is 0.449 e. The van der Waals surface area contributed by atoms with Crippen LogP contribution in [0.1, 0.15) is 35.0 Å². The number of rotatable bonds is 3. The van der Waals surface area contributed by atoms with E-state index >= 15 is 0 Å². The zero-order valence-corrected chi connectivity index (χ0v) is 14.4. The third-order valence-corrected chi connectivity index (χ3v) is 4.67. The van der Waals surface area contributed by atoms with E-state index in [4.69, 9.17) is 8.83 Å². The van der Waals surface area contributed by atoms with Gasteiger partial charge in [-0.3, -0.25) is 0 Å². The van der Waals surface area contributed by atoms with Gasteiger partial charge in [0.25, 0.3) is 6.01 Å². The molecule has 0 spiro atoms. The number of nitrogens with one attached hydrogen (secondary N) is 1. The number of nitrogens with zero attached hydrogens (tertiary/aromatic N) is 1. The number of hydrogen-bond donors (Lipinski definition) is 2. The standard InChI is InChI=1S/C19H17F3N2O3/c1-10-17(14-8-9-15(26-14)19(20,21)22)27-18(23-10)24-16-12-5-3-2-4-11(12)6-7-13(16)25/h2-5,8-9,13,16,25H,6-7H2,1H3,(H,23,24)/t13?,16-/m1/s1. The van der Waals surface area contributed by atoms with Crippen LogP contribution in [0.5, 0.6) is 0 Å². The Balaban J connectivity index is 1.62. The number of benzene rings is 1. The fourth-order valence-electron chi connectivity index (χ4n) is 3.35. The van der Waals surface area contributed by atoms with Crippen LogP contribution in [0.2, 0.25) is 0 Å². The molecule has 5 nitrogen and oxygen atoms in total. The summed E-state index contributed by atoms with van der Waals surface area (Å²) >= 11 is 0. The third kappa shape index (κ3) is 3.32. The summed E-state index contributed by atoms with van der Waals surface area (Å²) in [6.45, 7) is 1.62. The maximum Gasteiger partial charge on any atom is 0.449 e. The van der Waals surface area contributed by atoms with Gasteiger partial charge in [0.05, 0.1) is 17.8 Å². The van der Waals surface area contributed by atoms with E-state index in [1.165, 1.54) is 6.07 Å². The van der Waals surface area contributed by atoms with Crippen molar-refractivity contribution in [1.29, 1.82) is 0 Å². The molecule has 8 heteroatoms. The lowest BCUT2D eigenvalue weighted by Gasteiger charge is -2.30. The molecule has 0 bridgehead atoms. The van der Waals surface area contributed by atoms with Gasteiger partial charge in [0.1, 0.15) is 0 Å². The minimum Gasteiger partial charge on any atom is -0.448 e. The molecule has 2 aromatic heterocycles. The Kier molecular flexibility index (Phi) is 4.22. The van der Waals surface area contributed by atoms with Crippen LogP contribution in [0.4, 0.5) is 19.2 Å². The monoisotopic (exact) mass is 378 g/mol. The Morgan fingerprint density at radius 2 is 1.93 bits per heavy atom. The lowest BCUT2D eigenvalue weighted by molar-refractivity contribution is -0.152. The van der Waals surface area contributed by atoms with Gasteiger partial charge in [-0.2, -0.15) is 18.2 Å². The van der Waals surface area contributed by atoms with Gasteiger partial charge in [-0.25, -0.2) is 0 Å². The zero-order chi connectivity index (χ0) is 19.2. The van der Waals surface area contributed by atoms with E-state index in [1.807, 2.05) is 24.3 Å². The normalized spacial score (nSPS) is 19.7. The molecule has 0 fully saturated rings. The fourth-order valence-corrected chi connectivity index (χ4v) is 3.35. The number of aliphatic hydroxyl groups excluding tert-OH is 1. The molecule has 0 saturated heterocycles. The summed E-state index contributed by atoms with van der Waals surface area (Å²) in [4.78, 5) is 4.23. The van der Waals surface area contributed by atoms with E-state index in [-0.39, 0.29) is 17.5 Å². The van der Waals surface area contributed by atoms with Crippen molar-refractivity contribution >= 4 is 6.01 Å². The second-order valence-corrected chi connectivity index (χ2v) is 6.52. The summed E-state index contributed by atoms with van der Waals surface area (Å²) in [6, 6.07) is 9.51. The Morgan fingerprint density at radius 1 is 1.15 bits per heavy atom. The van der Waals surface area contributed by atoms with Crippen molar-refractivity contribution in [2.75, 3.05) is 5.32 Å². The molecule has 1 aliphatic carbocycles. The molecular weight excluding hydrogens is 361 g/mol. The number of halogens is 3. The first-order valence-electron chi connectivity index (χ1n) is 8.50. The molecule has 0 aliphatic heterocycles. The zero-order valence-electron chi connectivity index (χ0n) is 14.4. The van der Waals surface area contributed by atoms with Gasteiger partial charge < -0.3 is 19.3 Å². The smallest absolute Gasteiger partial charge is 0.448 e. The highest BCUT2D eigenvalue weighted by Gasteiger charge is 2.35. The minimum atomic E-state index is -4.57. The Hall–Kier alpha value is -2.74. The fraction of sp³-hybridized carbons (Fsp3) is 0.316. The van der Waals surface area contributed by atoms with E-state index in [0.29, 0.717) is 12.1 Å². The molecule has 1 aliphatic rings. The van der Waals surface area contributed by atoms with E-state index in [1.54, 1.807) is 6.92 Å². The van der Waals surface area contributed by atoms with E-state index < -0.39 is 24.1 Å². The number of hydrogen-bond acceptors (Lipinski definition) is 5. The van der Waals surface area contributed by atoms with Crippen molar-refractivity contribution in [3.63, 3.8) is 0 Å². The van der Waals surface area contributed by atoms with Crippen LogP contribution < -0.4 is 5.32 Å². The highest BCUT2D eigenvalue weighted by molar-refractivity contribution is 5.55. The molecule has 0 radical (unpaired) electrons. The van der Waals surface area contributed by atoms with Gasteiger partial charge in [-0.15, -0.1) is 0 Å². The first kappa shape index (κ1) is 17.7. The second-order valence-electron chi connectivity index (χ2n) is 6.52. The highest BCUT2D eigenvalue weighted by Crippen LogP contribution is 2.37. The average Bonchev–Trinajstić information content (AvgIpc) is 3.24. The molecule has 1 aromatic carbocycles. The molecule has 27 heavy (non-hydrogen) atoms. The van der Waals surface area contributed by atoms with Gasteiger partial charge in [0.15, 0.2) is 11.5 Å². The van der Waals surface area contributed by atoms with Gasteiger partial charge in [-0.05, 0) is 43.0 Å². The number of aryl methyl sites for hydroxylation is 2. The summed E-state index contributed by atoms with van der Waals surface area (Å²) < 4.78 is 48.7. The first-order chi connectivity index (χ1) is 12.8. The maximum absolute atomic E-state index is 12.7. The predicted molar refractivity (Wildman–Crippen MR) is 91.1 cm³/mol. The van der Waals surface area contributed by atoms with Gasteiger partial charge in [0.2, 0.25) is 5.76 Å². The van der Waals surface area contributed by atoms with Crippen molar-refractivity contribution in [3.05, 3.63) is 59.0 Å². The van der Waals surface area contributed by atoms with Gasteiger partial charge in [-0.1, -0.05) is 24.3 Å². The van der Waals surface area contributed by atoms with Crippen molar-refractivity contribution in [1.82, 2.24) is 4.98 Å². The predicted octanol–water partition coefficient (Wildman–Crippen LogP) is 4.72. The summed E-state index contributed by atoms with van der Waals surface area (Å²) in [5.74, 6) is -1.03. The highest BCUT2D eigenvalue weighted by atomic mass is 19.4. The SMILES string of the molecule is Cc1nc(N[C@@H]2c3ccccc3CCC2O)oc1-c1ccc(C(F)(F)F)o1. The minimum absolute atomic E-state index is 0.0510. The molecular formula is C19H17F3N2O3. The van der Waals surface area contributed by atoms with E-state index in [0.717, 1.165) is 23.6 Å². The number of oxazole rings is 1. The molecule has 142 valence electrons. The van der Waals surface area contributed by atoms with Crippen LogP contribution >= 0.6 is 0 Å². The second kappa shape index (κ2) is 6.45. The molecule has 0 saturated carbocycles. The first-order valence-corrected chi connectivity index (χ1v) is 8.50. The molecule has 1 unspecified atom stereocenters. The maximum atomic E-state index is 12.7. The van der Waals surface area contributed by atoms with Crippen LogP contribution in [-0.2, 0) is 12.6 Å². The molecule has 3 aromatic rings. The van der Waals surface area contributed by atoms with E-state index in [9.17, 15) is 18.3 Å². The van der Waals surface area contributed by atoms with Crippen LogP contribution in [-0.4, -0.2) is 16.2 Å². The van der Waals surface area contributed by atoms with Crippen molar-refractivity contribution in [3.8, 4) is 11.5 Å². The molecule has 2 atom stereocenters. The lowest BCUT2D eigenvalue weighted by atomic mass is 9.86. The number of alkyl halides is 3. The lowest BCUT2D eigenvalue weighted by Crippen LogP contribution is -2.30. The Morgan fingerprint density at radius 3 is 2.67 bits per heavy atom. The summed E-state index contributed by atoms with van der Waals surface area (Å²) in [6.07, 6.45) is -3.83. The number of furan rings is 1. The summed E-state index contributed by atoms with van der Waals surface area (Å²) in [7, 11) is 0. The van der Waals surface area contributed by atoms with Crippen LogP contribution in [0, 0.1) is 6.92 Å². The summed E-state index contributed by atoms with van der Waals surface area (Å²) in [5.41, 5.74) is 2.47. The van der Waals surface area contributed by atoms with Gasteiger partial charge in [0, 0.05) is 0 Å². The summed E-state index contributed by atoms with van der Waals surface area (Å²) in [5, 5.41) is 13.5. The Bertz CT molecular complexity index is 961. The molecule has 0 amide bonds. The topological polar surface area (TPSA) is 71.4 Å². The van der Waals surface area contributed by atoms with Crippen LogP contribution in [0.25, 0.3) is 11.5 Å². The Labute approximate surface area is 152 Å². The van der Waals surface area contributed by atoms with Crippen molar-refractivity contribution < 1.29 is 27.1 Å². The van der Waals surface area contributed by atoms with Crippen LogP contribution in [0.3, 0.4) is 0 Å². The van der Waals surface area contributed by atoms with Crippen molar-refractivity contribution in [2.45, 2.75) is 38.1 Å². The number of fused-ring (bicyclic) bond motifs is 1. The number of aromatic nitrogens is 1. The molecule has 4 rings (SSSR count). The van der Waals surface area contributed by atoms with Crippen molar-refractivity contribution in [2.24, 2.45) is 0 Å². The molecule has 2 heterocycles. The quantitative estimate of drug-likeness (QED) is 0.690. The average molecular weight is 378 g/mol. The van der Waals surface area contributed by atoms with Gasteiger partial charge >= 0.3 is 6.18 Å².